The Bertz CT molecular complexity index is 331. The molecule has 0 aliphatic heterocycles. The fourth-order valence-corrected chi connectivity index (χ4v) is 2.29. The van der Waals surface area contributed by atoms with Crippen LogP contribution in [0, 0.1) is 0 Å². The lowest BCUT2D eigenvalue weighted by atomic mass is 9.83. The minimum absolute atomic E-state index is 0.557. The highest BCUT2D eigenvalue weighted by atomic mass is 79.9. The van der Waals surface area contributed by atoms with Crippen LogP contribution in [0.2, 0.25) is 0 Å². The molecule has 0 aromatic heterocycles. The van der Waals surface area contributed by atoms with Crippen LogP contribution in [-0.4, -0.2) is 5.67 Å². The van der Waals surface area contributed by atoms with Crippen molar-refractivity contribution in [3.8, 4) is 0 Å². The molecule has 2 heteroatoms. The fourth-order valence-electron chi connectivity index (χ4n) is 1.88. The van der Waals surface area contributed by atoms with Gasteiger partial charge in [-0.2, -0.15) is 0 Å². The summed E-state index contributed by atoms with van der Waals surface area (Å²) in [6, 6.07) is 6.15. The Hall–Kier alpha value is -0.370. The van der Waals surface area contributed by atoms with E-state index in [-0.39, 0.29) is 0 Å². The van der Waals surface area contributed by atoms with Crippen LogP contribution in [0.5, 0.6) is 0 Å². The van der Waals surface area contributed by atoms with E-state index >= 15 is 0 Å². The number of alkyl halides is 1. The first-order valence-electron chi connectivity index (χ1n) is 4.53. The van der Waals surface area contributed by atoms with Crippen LogP contribution in [0.15, 0.2) is 22.7 Å². The van der Waals surface area contributed by atoms with E-state index in [2.05, 4.69) is 22.0 Å². The fraction of sp³-hybridized carbons (Fsp3) is 0.455. The number of hydrogen-bond acceptors (Lipinski definition) is 0. The zero-order valence-corrected chi connectivity index (χ0v) is 9.20. The third-order valence-corrected chi connectivity index (χ3v) is 3.14. The lowest BCUT2D eigenvalue weighted by molar-refractivity contribution is 0.166. The van der Waals surface area contributed by atoms with Gasteiger partial charge in [0.05, 0.1) is 0 Å². The van der Waals surface area contributed by atoms with Gasteiger partial charge in [-0.25, -0.2) is 4.39 Å². The van der Waals surface area contributed by atoms with Gasteiger partial charge in [-0.15, -0.1) is 0 Å². The normalized spacial score (nSPS) is 27.0. The monoisotopic (exact) mass is 242 g/mol. The van der Waals surface area contributed by atoms with Crippen molar-refractivity contribution in [2.24, 2.45) is 0 Å². The number of benzene rings is 1. The second-order valence-corrected chi connectivity index (χ2v) is 4.92. The Morgan fingerprint density at radius 2 is 2.15 bits per heavy atom. The summed E-state index contributed by atoms with van der Waals surface area (Å²) in [5.74, 6) is 0. The van der Waals surface area contributed by atoms with Crippen LogP contribution < -0.4 is 0 Å². The van der Waals surface area contributed by atoms with Crippen LogP contribution in [0.3, 0.4) is 0 Å². The summed E-state index contributed by atoms with van der Waals surface area (Å²) in [5.41, 5.74) is 1.46. The average Bonchev–Trinajstić information content (AvgIpc) is 2.01. The molecular weight excluding hydrogens is 231 g/mol. The zero-order valence-electron chi connectivity index (χ0n) is 7.61. The molecule has 1 atom stereocenters. The molecule has 0 fully saturated rings. The Balaban J connectivity index is 2.38. The highest BCUT2D eigenvalue weighted by Gasteiger charge is 2.28. The molecule has 2 rings (SSSR count). The first kappa shape index (κ1) is 9.20. The first-order valence-corrected chi connectivity index (χ1v) is 5.32. The van der Waals surface area contributed by atoms with Crippen molar-refractivity contribution in [1.29, 1.82) is 0 Å². The summed E-state index contributed by atoms with van der Waals surface area (Å²) in [7, 11) is 0. The number of aryl methyl sites for hydroxylation is 1. The average molecular weight is 243 g/mol. The highest BCUT2D eigenvalue weighted by molar-refractivity contribution is 9.10. The van der Waals surface area contributed by atoms with Gasteiger partial charge in [0, 0.05) is 10.9 Å². The quantitative estimate of drug-likeness (QED) is 0.652. The molecule has 0 saturated carbocycles. The molecule has 0 heterocycles. The Labute approximate surface area is 86.3 Å². The third kappa shape index (κ3) is 1.93. The molecular formula is C11H12BrF. The summed E-state index contributed by atoms with van der Waals surface area (Å²) in [6.45, 7) is 1.69. The van der Waals surface area contributed by atoms with Crippen molar-refractivity contribution in [1.82, 2.24) is 0 Å². The first-order chi connectivity index (χ1) is 6.07. The van der Waals surface area contributed by atoms with Gasteiger partial charge in [0.25, 0.3) is 0 Å². The largest absolute Gasteiger partial charge is 0.244 e. The summed E-state index contributed by atoms with van der Waals surface area (Å²) in [4.78, 5) is 0. The number of hydrogen-bond donors (Lipinski definition) is 0. The van der Waals surface area contributed by atoms with Crippen molar-refractivity contribution in [2.45, 2.75) is 31.9 Å². The van der Waals surface area contributed by atoms with E-state index in [0.717, 1.165) is 16.5 Å². The van der Waals surface area contributed by atoms with E-state index in [1.54, 1.807) is 6.92 Å². The lowest BCUT2D eigenvalue weighted by Crippen LogP contribution is -2.27. The van der Waals surface area contributed by atoms with Crippen LogP contribution in [-0.2, 0) is 12.8 Å². The third-order valence-electron chi connectivity index (χ3n) is 2.64. The Morgan fingerprint density at radius 1 is 1.38 bits per heavy atom. The molecule has 13 heavy (non-hydrogen) atoms. The Morgan fingerprint density at radius 3 is 2.92 bits per heavy atom. The molecule has 1 aromatic carbocycles. The minimum Gasteiger partial charge on any atom is -0.244 e. The van der Waals surface area contributed by atoms with E-state index in [0.29, 0.717) is 12.8 Å². The van der Waals surface area contributed by atoms with Crippen molar-refractivity contribution in [2.75, 3.05) is 0 Å². The van der Waals surface area contributed by atoms with Crippen LogP contribution in [0.25, 0.3) is 0 Å². The molecule has 70 valence electrons. The van der Waals surface area contributed by atoms with E-state index in [4.69, 9.17) is 0 Å². The van der Waals surface area contributed by atoms with Gasteiger partial charge in [0.15, 0.2) is 0 Å². The van der Waals surface area contributed by atoms with Crippen molar-refractivity contribution < 1.29 is 4.39 Å². The molecule has 0 saturated heterocycles. The van der Waals surface area contributed by atoms with Gasteiger partial charge in [0.2, 0.25) is 0 Å². The second-order valence-electron chi connectivity index (χ2n) is 4.00. The predicted molar refractivity (Wildman–Crippen MR) is 55.7 cm³/mol. The number of halogens is 2. The van der Waals surface area contributed by atoms with Gasteiger partial charge in [0.1, 0.15) is 5.67 Å². The minimum atomic E-state index is -1.01. The van der Waals surface area contributed by atoms with Gasteiger partial charge >= 0.3 is 0 Å². The molecule has 0 amide bonds. The smallest absolute Gasteiger partial charge is 0.112 e. The molecule has 1 aliphatic carbocycles. The summed E-state index contributed by atoms with van der Waals surface area (Å²) in [6.07, 6.45) is 2.08. The zero-order chi connectivity index (χ0) is 9.47. The van der Waals surface area contributed by atoms with Gasteiger partial charge in [-0.1, -0.05) is 22.0 Å². The van der Waals surface area contributed by atoms with E-state index in [1.807, 2.05) is 12.1 Å². The van der Waals surface area contributed by atoms with Crippen molar-refractivity contribution in [3.63, 3.8) is 0 Å². The SMILES string of the molecule is CC1(F)CCc2ccc(Br)cc2C1. The molecule has 1 unspecified atom stereocenters. The lowest BCUT2D eigenvalue weighted by Gasteiger charge is -2.27. The van der Waals surface area contributed by atoms with Crippen molar-refractivity contribution >= 4 is 15.9 Å². The molecule has 0 radical (unpaired) electrons. The predicted octanol–water partition coefficient (Wildman–Crippen LogP) is 3.67. The molecule has 0 nitrogen and oxygen atoms in total. The van der Waals surface area contributed by atoms with Crippen LogP contribution in [0.4, 0.5) is 4.39 Å². The van der Waals surface area contributed by atoms with Crippen molar-refractivity contribution in [3.05, 3.63) is 33.8 Å². The van der Waals surface area contributed by atoms with Crippen LogP contribution >= 0.6 is 15.9 Å². The molecule has 0 bridgehead atoms. The van der Waals surface area contributed by atoms with Gasteiger partial charge in [-0.3, -0.25) is 0 Å². The van der Waals surface area contributed by atoms with E-state index in [9.17, 15) is 4.39 Å². The summed E-state index contributed by atoms with van der Waals surface area (Å²) >= 11 is 3.41. The van der Waals surface area contributed by atoms with Gasteiger partial charge < -0.3 is 0 Å². The highest BCUT2D eigenvalue weighted by Crippen LogP contribution is 2.32. The van der Waals surface area contributed by atoms with E-state index < -0.39 is 5.67 Å². The Kier molecular flexibility index (Phi) is 2.18. The molecule has 1 aliphatic rings. The summed E-state index contributed by atoms with van der Waals surface area (Å²) in [5, 5.41) is 0. The molecule has 0 N–H and O–H groups in total. The number of rotatable bonds is 0. The second kappa shape index (κ2) is 3.09. The topological polar surface area (TPSA) is 0 Å². The molecule has 1 aromatic rings. The summed E-state index contributed by atoms with van der Waals surface area (Å²) < 4.78 is 14.7. The van der Waals surface area contributed by atoms with Crippen LogP contribution in [0.1, 0.15) is 24.5 Å². The standard InChI is InChI=1S/C11H12BrF/c1-11(13)5-4-8-2-3-10(12)6-9(8)7-11/h2-3,6H,4-5,7H2,1H3. The molecule has 0 spiro atoms. The maximum atomic E-state index is 13.7. The maximum Gasteiger partial charge on any atom is 0.112 e. The van der Waals surface area contributed by atoms with Gasteiger partial charge in [-0.05, 0) is 43.0 Å². The number of fused-ring (bicyclic) bond motifs is 1. The maximum absolute atomic E-state index is 13.7. The van der Waals surface area contributed by atoms with E-state index in [1.165, 1.54) is 5.56 Å².